The maximum Gasteiger partial charge on any atom is 0.246 e. The molecule has 0 aliphatic carbocycles. The molecule has 0 radical (unpaired) electrons. The molecule has 3 heterocycles. The second-order valence-corrected chi connectivity index (χ2v) is 7.46. The summed E-state index contributed by atoms with van der Waals surface area (Å²) in [6, 6.07) is 1.56. The Bertz CT molecular complexity index is 585. The number of hydrogen-bond donors (Lipinski definition) is 0. The van der Waals surface area contributed by atoms with Crippen LogP contribution in [0.2, 0.25) is 0 Å². The number of hydrogen-bond acceptors (Lipinski definition) is 4. The van der Waals surface area contributed by atoms with E-state index >= 15 is 0 Å². The van der Waals surface area contributed by atoms with E-state index in [9.17, 15) is 9.59 Å². The van der Waals surface area contributed by atoms with Gasteiger partial charge in [0.05, 0.1) is 11.1 Å². The van der Waals surface area contributed by atoms with Crippen molar-refractivity contribution in [1.82, 2.24) is 9.80 Å². The van der Waals surface area contributed by atoms with Crippen LogP contribution in [0.1, 0.15) is 31.1 Å². The van der Waals surface area contributed by atoms with Crippen molar-refractivity contribution < 1.29 is 14.0 Å². The molecule has 0 aromatic carbocycles. The number of amides is 2. The van der Waals surface area contributed by atoms with Gasteiger partial charge in [0.25, 0.3) is 0 Å². The average Bonchev–Trinajstić information content (AvgIpc) is 3.07. The molecule has 2 fully saturated rings. The summed E-state index contributed by atoms with van der Waals surface area (Å²) in [5.74, 6) is 1.64. The first-order valence-corrected chi connectivity index (χ1v) is 8.15. The lowest BCUT2D eigenvalue weighted by Gasteiger charge is -2.31. The molecule has 2 saturated heterocycles. The molecule has 2 amide bonds. The van der Waals surface area contributed by atoms with Gasteiger partial charge < -0.3 is 14.2 Å². The molecule has 0 unspecified atom stereocenters. The van der Waals surface area contributed by atoms with Crippen LogP contribution < -0.4 is 0 Å². The molecule has 1 aromatic rings. The zero-order valence-electron chi connectivity index (χ0n) is 12.6. The largest absolute Gasteiger partial charge is 0.469 e. The van der Waals surface area contributed by atoms with Crippen molar-refractivity contribution in [2.24, 2.45) is 0 Å². The van der Waals surface area contributed by atoms with E-state index in [1.807, 2.05) is 13.0 Å². The molecular formula is C15H20N2O3S. The van der Waals surface area contributed by atoms with Crippen LogP contribution in [0.15, 0.2) is 16.7 Å². The highest BCUT2D eigenvalue weighted by Crippen LogP contribution is 2.47. The van der Waals surface area contributed by atoms with Crippen LogP contribution in [-0.2, 0) is 16.1 Å². The second-order valence-electron chi connectivity index (χ2n) is 5.96. The van der Waals surface area contributed by atoms with Crippen LogP contribution >= 0.6 is 11.8 Å². The van der Waals surface area contributed by atoms with E-state index in [1.165, 1.54) is 0 Å². The first-order valence-electron chi connectivity index (χ1n) is 7.16. The van der Waals surface area contributed by atoms with Gasteiger partial charge in [-0.2, -0.15) is 0 Å². The Morgan fingerprint density at radius 2 is 2.38 bits per heavy atom. The van der Waals surface area contributed by atoms with Crippen LogP contribution in [0.25, 0.3) is 0 Å². The summed E-state index contributed by atoms with van der Waals surface area (Å²) in [7, 11) is 1.79. The highest BCUT2D eigenvalue weighted by Gasteiger charge is 2.53. The number of carbonyl (C=O) groups is 2. The van der Waals surface area contributed by atoms with Crippen LogP contribution in [-0.4, -0.2) is 45.3 Å². The van der Waals surface area contributed by atoms with Crippen LogP contribution in [0.5, 0.6) is 0 Å². The number of likely N-dealkylation sites (N-methyl/N-ethyl adjacent to an activating group) is 1. The molecule has 0 N–H and O–H groups in total. The number of rotatable bonds is 3. The summed E-state index contributed by atoms with van der Waals surface area (Å²) in [4.78, 5) is 28.1. The zero-order valence-corrected chi connectivity index (χ0v) is 13.4. The first-order chi connectivity index (χ1) is 9.92. The first kappa shape index (κ1) is 14.5. The molecule has 0 bridgehead atoms. The summed E-state index contributed by atoms with van der Waals surface area (Å²) in [5.41, 5.74) is 1.01. The Hall–Kier alpha value is -1.43. The average molecular weight is 308 g/mol. The third kappa shape index (κ3) is 2.35. The Morgan fingerprint density at radius 1 is 1.62 bits per heavy atom. The van der Waals surface area contributed by atoms with Gasteiger partial charge in [0.1, 0.15) is 11.8 Å². The minimum Gasteiger partial charge on any atom is -0.469 e. The monoisotopic (exact) mass is 308 g/mol. The third-order valence-corrected chi connectivity index (χ3v) is 5.99. The number of aryl methyl sites for hydroxylation is 1. The maximum absolute atomic E-state index is 12.7. The number of fused-ring (bicyclic) bond motifs is 1. The lowest BCUT2D eigenvalue weighted by molar-refractivity contribution is -0.143. The van der Waals surface area contributed by atoms with Gasteiger partial charge in [0, 0.05) is 31.3 Å². The number of nitrogens with zero attached hydrogens (tertiary/aromatic N) is 2. The quantitative estimate of drug-likeness (QED) is 0.857. The lowest BCUT2D eigenvalue weighted by atomic mass is 10.2. The van der Waals surface area contributed by atoms with E-state index in [2.05, 4.69) is 6.92 Å². The van der Waals surface area contributed by atoms with E-state index in [0.29, 0.717) is 18.7 Å². The standard InChI is InChI=1S/C15H20N2O3S/c1-10-11(5-7-20-10)8-16(3)14(19)12-9-21-15(2)6-4-13(18)17(12)15/h5,7,12H,4,6,8-9H2,1-3H3/t12-,15-/m1/s1. The molecule has 5 nitrogen and oxygen atoms in total. The summed E-state index contributed by atoms with van der Waals surface area (Å²) in [5, 5.41) is 0. The lowest BCUT2D eigenvalue weighted by Crippen LogP contribution is -2.50. The minimum absolute atomic E-state index is 0.0158. The molecule has 0 saturated carbocycles. The molecule has 2 aliphatic heterocycles. The topological polar surface area (TPSA) is 53.8 Å². The van der Waals surface area contributed by atoms with Crippen LogP contribution in [0.3, 0.4) is 0 Å². The third-order valence-electron chi connectivity index (χ3n) is 4.48. The van der Waals surface area contributed by atoms with Gasteiger partial charge in [0.2, 0.25) is 11.8 Å². The van der Waals surface area contributed by atoms with E-state index in [0.717, 1.165) is 17.7 Å². The summed E-state index contributed by atoms with van der Waals surface area (Å²) >= 11 is 1.72. The van der Waals surface area contributed by atoms with Gasteiger partial charge in [-0.1, -0.05) is 0 Å². The van der Waals surface area contributed by atoms with Gasteiger partial charge in [-0.15, -0.1) is 11.8 Å². The fourth-order valence-corrected chi connectivity index (χ4v) is 4.59. The Morgan fingerprint density at radius 3 is 3.05 bits per heavy atom. The van der Waals surface area contributed by atoms with Gasteiger partial charge in [-0.3, -0.25) is 9.59 Å². The normalized spacial score (nSPS) is 28.0. The molecule has 2 aliphatic rings. The van der Waals surface area contributed by atoms with Crippen LogP contribution in [0, 0.1) is 6.92 Å². The zero-order chi connectivity index (χ0) is 15.2. The van der Waals surface area contributed by atoms with Crippen molar-refractivity contribution in [3.63, 3.8) is 0 Å². The van der Waals surface area contributed by atoms with Gasteiger partial charge in [-0.25, -0.2) is 0 Å². The van der Waals surface area contributed by atoms with E-state index in [4.69, 9.17) is 4.42 Å². The van der Waals surface area contributed by atoms with Crippen molar-refractivity contribution in [3.05, 3.63) is 23.7 Å². The number of carbonyl (C=O) groups excluding carboxylic acids is 2. The highest BCUT2D eigenvalue weighted by molar-refractivity contribution is 8.01. The minimum atomic E-state index is -0.327. The van der Waals surface area contributed by atoms with Gasteiger partial charge in [-0.05, 0) is 26.3 Å². The molecular weight excluding hydrogens is 288 g/mol. The summed E-state index contributed by atoms with van der Waals surface area (Å²) in [6.45, 7) is 4.47. The fourth-order valence-electron chi connectivity index (χ4n) is 3.17. The maximum atomic E-state index is 12.7. The molecule has 21 heavy (non-hydrogen) atoms. The number of thioether (sulfide) groups is 1. The Kier molecular flexibility index (Phi) is 3.51. The molecule has 1 aromatic heterocycles. The van der Waals surface area contributed by atoms with Crippen molar-refractivity contribution in [2.75, 3.05) is 12.8 Å². The van der Waals surface area contributed by atoms with E-state index in [1.54, 1.807) is 34.9 Å². The van der Waals surface area contributed by atoms with Crippen molar-refractivity contribution in [1.29, 1.82) is 0 Å². The van der Waals surface area contributed by atoms with E-state index < -0.39 is 0 Å². The fraction of sp³-hybridized carbons (Fsp3) is 0.600. The number of furan rings is 1. The highest BCUT2D eigenvalue weighted by atomic mass is 32.2. The molecule has 2 atom stereocenters. The van der Waals surface area contributed by atoms with Crippen molar-refractivity contribution >= 4 is 23.6 Å². The summed E-state index contributed by atoms with van der Waals surface area (Å²) < 4.78 is 5.27. The van der Waals surface area contributed by atoms with Crippen molar-refractivity contribution in [2.45, 2.75) is 44.1 Å². The van der Waals surface area contributed by atoms with E-state index in [-0.39, 0.29) is 22.7 Å². The second kappa shape index (κ2) is 5.09. The molecule has 114 valence electrons. The summed E-state index contributed by atoms with van der Waals surface area (Å²) in [6.07, 6.45) is 3.03. The predicted octanol–water partition coefficient (Wildman–Crippen LogP) is 2.00. The predicted molar refractivity (Wildman–Crippen MR) is 80.7 cm³/mol. The Balaban J connectivity index is 1.73. The molecule has 6 heteroatoms. The van der Waals surface area contributed by atoms with Gasteiger partial charge >= 0.3 is 0 Å². The van der Waals surface area contributed by atoms with Crippen molar-refractivity contribution in [3.8, 4) is 0 Å². The van der Waals surface area contributed by atoms with Gasteiger partial charge in [0.15, 0.2) is 0 Å². The Labute approximate surface area is 128 Å². The SMILES string of the molecule is Cc1occc1CN(C)C(=O)[C@H]1CS[C@]2(C)CCC(=O)N12. The molecule has 0 spiro atoms. The van der Waals surface area contributed by atoms with Crippen LogP contribution in [0.4, 0.5) is 0 Å². The smallest absolute Gasteiger partial charge is 0.246 e. The molecule has 3 rings (SSSR count).